The summed E-state index contributed by atoms with van der Waals surface area (Å²) in [5.41, 5.74) is 2.21. The molecule has 26 heavy (non-hydrogen) atoms. The molecule has 8 heteroatoms. The van der Waals surface area contributed by atoms with E-state index >= 15 is 0 Å². The van der Waals surface area contributed by atoms with Crippen molar-refractivity contribution < 1.29 is 4.52 Å². The first-order valence-corrected chi connectivity index (χ1v) is 8.89. The van der Waals surface area contributed by atoms with Crippen LogP contribution in [0.15, 0.2) is 46.4 Å². The minimum absolute atomic E-state index is 0. The molecule has 1 saturated heterocycles. The molecule has 3 rings (SSSR count). The first kappa shape index (κ1) is 20.6. The van der Waals surface area contributed by atoms with Crippen LogP contribution in [0.4, 0.5) is 0 Å². The molecule has 1 aliphatic rings. The van der Waals surface area contributed by atoms with Crippen molar-refractivity contribution in [2.24, 2.45) is 4.99 Å². The van der Waals surface area contributed by atoms with Gasteiger partial charge in [0.05, 0.1) is 5.69 Å². The lowest BCUT2D eigenvalue weighted by atomic mass is 10.2. The van der Waals surface area contributed by atoms with Crippen molar-refractivity contribution in [2.75, 3.05) is 39.3 Å². The Bertz CT molecular complexity index is 641. The molecule has 2 aromatic heterocycles. The molecule has 3 heterocycles. The number of aromatic nitrogens is 2. The molecule has 1 N–H and O–H groups in total. The van der Waals surface area contributed by atoms with Crippen LogP contribution in [0.3, 0.4) is 0 Å². The van der Waals surface area contributed by atoms with Gasteiger partial charge in [0.2, 0.25) is 0 Å². The van der Waals surface area contributed by atoms with E-state index in [1.54, 1.807) is 12.5 Å². The smallest absolute Gasteiger partial charge is 0.194 e. The topological polar surface area (TPSA) is 69.8 Å². The highest BCUT2D eigenvalue weighted by Crippen LogP contribution is 2.07. The number of nitrogens with zero attached hydrogens (tertiary/aromatic N) is 5. The van der Waals surface area contributed by atoms with Crippen molar-refractivity contribution in [3.05, 3.63) is 48.1 Å². The molecule has 0 aromatic carbocycles. The second-order valence-corrected chi connectivity index (χ2v) is 6.10. The normalized spacial score (nSPS) is 15.6. The van der Waals surface area contributed by atoms with Crippen LogP contribution in [-0.4, -0.2) is 65.2 Å². The Hall–Kier alpha value is -1.68. The summed E-state index contributed by atoms with van der Waals surface area (Å²) in [7, 11) is 0. The van der Waals surface area contributed by atoms with E-state index in [0.29, 0.717) is 0 Å². The first-order valence-electron chi connectivity index (χ1n) is 8.89. The third-order valence-electron chi connectivity index (χ3n) is 4.27. The number of hydrogen-bond donors (Lipinski definition) is 1. The molecule has 0 aliphatic carbocycles. The van der Waals surface area contributed by atoms with Crippen molar-refractivity contribution in [1.29, 1.82) is 0 Å². The molecule has 0 bridgehead atoms. The average Bonchev–Trinajstić information content (AvgIpc) is 3.16. The lowest BCUT2D eigenvalue weighted by Gasteiger charge is -2.36. The van der Waals surface area contributed by atoms with Crippen LogP contribution in [-0.2, 0) is 13.0 Å². The van der Waals surface area contributed by atoms with E-state index in [2.05, 4.69) is 38.2 Å². The van der Waals surface area contributed by atoms with E-state index in [1.807, 2.05) is 18.3 Å². The van der Waals surface area contributed by atoms with Gasteiger partial charge in [0.15, 0.2) is 5.96 Å². The number of hydrogen-bond acceptors (Lipinski definition) is 5. The lowest BCUT2D eigenvalue weighted by molar-refractivity contribution is 0.169. The van der Waals surface area contributed by atoms with Gasteiger partial charge in [-0.05, 0) is 25.0 Å². The summed E-state index contributed by atoms with van der Waals surface area (Å²) in [5, 5.41) is 7.41. The quantitative estimate of drug-likeness (QED) is 0.396. The average molecular weight is 470 g/mol. The summed E-state index contributed by atoms with van der Waals surface area (Å²) >= 11 is 0. The highest BCUT2D eigenvalue weighted by Gasteiger charge is 2.20. The maximum absolute atomic E-state index is 4.91. The minimum atomic E-state index is 0. The molecule has 0 amide bonds. The summed E-state index contributed by atoms with van der Waals surface area (Å²) in [4.78, 5) is 13.7. The molecule has 142 valence electrons. The summed E-state index contributed by atoms with van der Waals surface area (Å²) in [6.07, 6.45) is 6.25. The second kappa shape index (κ2) is 11.1. The Kier molecular flexibility index (Phi) is 8.82. The molecule has 0 atom stereocenters. The Morgan fingerprint density at radius 2 is 2.12 bits per heavy atom. The summed E-state index contributed by atoms with van der Waals surface area (Å²) in [6, 6.07) is 5.99. The van der Waals surface area contributed by atoms with Crippen LogP contribution in [0, 0.1) is 0 Å². The molecule has 1 aliphatic heterocycles. The summed E-state index contributed by atoms with van der Waals surface area (Å²) < 4.78 is 4.91. The molecule has 0 saturated carbocycles. The number of piperazine rings is 1. The van der Waals surface area contributed by atoms with Crippen LogP contribution in [0.5, 0.6) is 0 Å². The molecule has 0 spiro atoms. The standard InChI is InChI=1S/C18H26N6O.HI/c1-2-20-18(21-8-5-16-4-3-7-19-14-16)24-11-9-23(10-12-24)15-17-6-13-25-22-17;/h3-4,6-7,13-14H,2,5,8-12,15H2,1H3,(H,20,21);1H. The zero-order chi connectivity index (χ0) is 17.3. The number of aliphatic imine (C=N–C) groups is 1. The number of pyridine rings is 1. The van der Waals surface area contributed by atoms with E-state index in [1.165, 1.54) is 5.56 Å². The highest BCUT2D eigenvalue weighted by atomic mass is 127. The Morgan fingerprint density at radius 3 is 2.77 bits per heavy atom. The van der Waals surface area contributed by atoms with Crippen molar-refractivity contribution >= 4 is 29.9 Å². The maximum Gasteiger partial charge on any atom is 0.194 e. The zero-order valence-electron chi connectivity index (χ0n) is 15.2. The summed E-state index contributed by atoms with van der Waals surface area (Å²) in [5.74, 6) is 1.01. The molecule has 0 unspecified atom stereocenters. The van der Waals surface area contributed by atoms with Crippen LogP contribution in [0.1, 0.15) is 18.2 Å². The summed E-state index contributed by atoms with van der Waals surface area (Å²) in [6.45, 7) is 8.54. The van der Waals surface area contributed by atoms with Crippen LogP contribution >= 0.6 is 24.0 Å². The number of nitrogens with one attached hydrogen (secondary N) is 1. The van der Waals surface area contributed by atoms with E-state index in [-0.39, 0.29) is 24.0 Å². The third-order valence-corrected chi connectivity index (χ3v) is 4.27. The van der Waals surface area contributed by atoms with Gasteiger partial charge in [-0.2, -0.15) is 0 Å². The first-order chi connectivity index (χ1) is 12.3. The van der Waals surface area contributed by atoms with Gasteiger partial charge in [0.25, 0.3) is 0 Å². The fourth-order valence-electron chi connectivity index (χ4n) is 2.93. The molecular weight excluding hydrogens is 443 g/mol. The Balaban J connectivity index is 0.00000243. The fraction of sp³-hybridized carbons (Fsp3) is 0.500. The third kappa shape index (κ3) is 6.24. The number of halogens is 1. The maximum atomic E-state index is 4.91. The van der Waals surface area contributed by atoms with Gasteiger partial charge in [-0.15, -0.1) is 24.0 Å². The predicted octanol–water partition coefficient (Wildman–Crippen LogP) is 2.01. The zero-order valence-corrected chi connectivity index (χ0v) is 17.5. The van der Waals surface area contributed by atoms with Gasteiger partial charge < -0.3 is 14.7 Å². The van der Waals surface area contributed by atoms with E-state index in [9.17, 15) is 0 Å². The van der Waals surface area contributed by atoms with E-state index in [0.717, 1.165) is 63.9 Å². The van der Waals surface area contributed by atoms with E-state index < -0.39 is 0 Å². The minimum Gasteiger partial charge on any atom is -0.364 e. The molecule has 0 radical (unpaired) electrons. The van der Waals surface area contributed by atoms with Gasteiger partial charge in [0.1, 0.15) is 6.26 Å². The fourth-order valence-corrected chi connectivity index (χ4v) is 2.93. The van der Waals surface area contributed by atoms with Gasteiger partial charge in [-0.1, -0.05) is 11.2 Å². The lowest BCUT2D eigenvalue weighted by Crippen LogP contribution is -2.52. The van der Waals surface area contributed by atoms with Crippen LogP contribution in [0.2, 0.25) is 0 Å². The predicted molar refractivity (Wildman–Crippen MR) is 113 cm³/mol. The monoisotopic (exact) mass is 470 g/mol. The van der Waals surface area contributed by atoms with Crippen LogP contribution in [0.25, 0.3) is 0 Å². The Morgan fingerprint density at radius 1 is 1.27 bits per heavy atom. The van der Waals surface area contributed by atoms with Gasteiger partial charge in [0, 0.05) is 64.3 Å². The number of guanidine groups is 1. The molecule has 1 fully saturated rings. The molecule has 2 aromatic rings. The highest BCUT2D eigenvalue weighted by molar-refractivity contribution is 14.0. The molecule has 7 nitrogen and oxygen atoms in total. The van der Waals surface area contributed by atoms with Gasteiger partial charge in [-0.3, -0.25) is 14.9 Å². The van der Waals surface area contributed by atoms with Crippen molar-refractivity contribution in [1.82, 2.24) is 25.3 Å². The van der Waals surface area contributed by atoms with Crippen molar-refractivity contribution in [2.45, 2.75) is 19.9 Å². The van der Waals surface area contributed by atoms with Gasteiger partial charge >= 0.3 is 0 Å². The largest absolute Gasteiger partial charge is 0.364 e. The van der Waals surface area contributed by atoms with Crippen molar-refractivity contribution in [3.8, 4) is 0 Å². The molecular formula is C18H27IN6O. The van der Waals surface area contributed by atoms with Crippen LogP contribution < -0.4 is 5.32 Å². The SMILES string of the molecule is CCNC(=NCCc1cccnc1)N1CCN(Cc2ccon2)CC1.I. The van der Waals surface area contributed by atoms with Crippen molar-refractivity contribution in [3.63, 3.8) is 0 Å². The second-order valence-electron chi connectivity index (χ2n) is 6.10. The number of rotatable bonds is 6. The van der Waals surface area contributed by atoms with Gasteiger partial charge in [-0.25, -0.2) is 0 Å². The van der Waals surface area contributed by atoms with E-state index in [4.69, 9.17) is 9.52 Å². The Labute approximate surface area is 171 Å².